The summed E-state index contributed by atoms with van der Waals surface area (Å²) < 4.78 is 4.77. The second-order valence-electron chi connectivity index (χ2n) is 3.79. The molecule has 1 amide bonds. The summed E-state index contributed by atoms with van der Waals surface area (Å²) in [5, 5.41) is 10.3. The van der Waals surface area contributed by atoms with Crippen molar-refractivity contribution in [1.29, 1.82) is 0 Å². The smallest absolute Gasteiger partial charge is 0.343 e. The molecule has 0 radical (unpaired) electrons. The number of ether oxygens (including phenoxy) is 1. The topological polar surface area (TPSA) is 66.8 Å². The minimum atomic E-state index is -0.718. The van der Waals surface area contributed by atoms with Crippen molar-refractivity contribution in [3.05, 3.63) is 36.0 Å². The van der Waals surface area contributed by atoms with Crippen LogP contribution in [0.25, 0.3) is 0 Å². The predicted molar refractivity (Wildman–Crippen MR) is 58.9 cm³/mol. The number of carbonyl (C=O) groups excluding carboxylic acids is 2. The van der Waals surface area contributed by atoms with Crippen LogP contribution in [-0.2, 0) is 14.3 Å². The van der Waals surface area contributed by atoms with E-state index in [4.69, 9.17) is 4.74 Å². The third-order valence-corrected chi connectivity index (χ3v) is 2.72. The third-order valence-electron chi connectivity index (χ3n) is 2.72. The van der Waals surface area contributed by atoms with Gasteiger partial charge in [0.05, 0.1) is 12.6 Å². The van der Waals surface area contributed by atoms with Gasteiger partial charge in [0, 0.05) is 5.92 Å². The van der Waals surface area contributed by atoms with Gasteiger partial charge in [-0.1, -0.05) is 30.4 Å². The van der Waals surface area contributed by atoms with Crippen LogP contribution in [0, 0.1) is 5.92 Å². The van der Waals surface area contributed by atoms with Crippen LogP contribution in [0.4, 0.5) is 0 Å². The van der Waals surface area contributed by atoms with E-state index < -0.39 is 17.9 Å². The number of carbonyl (C=O) groups is 2. The zero-order valence-electron chi connectivity index (χ0n) is 9.37. The first-order valence-electron chi connectivity index (χ1n) is 5.41. The molecule has 2 unspecified atom stereocenters. The number of esters is 1. The SMILES string of the molecule is CCOC(=O)C1=CC2C=CC=CC2N(O)C1=O. The maximum atomic E-state index is 11.7. The Morgan fingerprint density at radius 1 is 1.47 bits per heavy atom. The van der Waals surface area contributed by atoms with Crippen LogP contribution < -0.4 is 0 Å². The second kappa shape index (κ2) is 4.55. The van der Waals surface area contributed by atoms with Gasteiger partial charge >= 0.3 is 5.97 Å². The van der Waals surface area contributed by atoms with Crippen molar-refractivity contribution in [2.75, 3.05) is 6.61 Å². The van der Waals surface area contributed by atoms with Crippen LogP contribution in [0.5, 0.6) is 0 Å². The van der Waals surface area contributed by atoms with Crippen molar-refractivity contribution in [2.24, 2.45) is 5.92 Å². The first-order valence-corrected chi connectivity index (χ1v) is 5.41. The van der Waals surface area contributed by atoms with Gasteiger partial charge in [-0.3, -0.25) is 10.0 Å². The minimum absolute atomic E-state index is 0.115. The Labute approximate surface area is 98.6 Å². The molecule has 0 aromatic heterocycles. The van der Waals surface area contributed by atoms with E-state index in [2.05, 4.69) is 0 Å². The zero-order valence-corrected chi connectivity index (χ0v) is 9.37. The molecule has 0 saturated carbocycles. The second-order valence-corrected chi connectivity index (χ2v) is 3.79. The number of hydrogen-bond donors (Lipinski definition) is 1. The molecule has 1 aliphatic carbocycles. The van der Waals surface area contributed by atoms with Crippen molar-refractivity contribution in [1.82, 2.24) is 5.06 Å². The van der Waals surface area contributed by atoms with Gasteiger partial charge in [-0.15, -0.1) is 0 Å². The molecule has 0 aromatic carbocycles. The van der Waals surface area contributed by atoms with E-state index >= 15 is 0 Å². The van der Waals surface area contributed by atoms with Gasteiger partial charge in [-0.25, -0.2) is 9.86 Å². The molecular formula is C12H13NO4. The van der Waals surface area contributed by atoms with E-state index in [0.29, 0.717) is 5.06 Å². The summed E-state index contributed by atoms with van der Waals surface area (Å²) in [5.41, 5.74) is -0.115. The molecule has 0 fully saturated rings. The number of amides is 1. The number of allylic oxidation sites excluding steroid dienone is 2. The molecule has 2 aliphatic rings. The maximum Gasteiger partial charge on any atom is 0.343 e. The van der Waals surface area contributed by atoms with Crippen molar-refractivity contribution < 1.29 is 19.5 Å². The van der Waals surface area contributed by atoms with Crippen LogP contribution in [0.15, 0.2) is 36.0 Å². The Morgan fingerprint density at radius 3 is 2.88 bits per heavy atom. The Hall–Kier alpha value is -1.88. The largest absolute Gasteiger partial charge is 0.462 e. The molecular weight excluding hydrogens is 222 g/mol. The molecule has 2 rings (SSSR count). The minimum Gasteiger partial charge on any atom is -0.462 e. The standard InChI is InChI=1S/C12H13NO4/c1-2-17-12(15)9-7-8-5-3-4-6-10(8)13(16)11(9)14/h3-8,10,16H,2H2,1H3. The molecule has 0 aromatic rings. The Kier molecular flexibility index (Phi) is 3.10. The molecule has 0 spiro atoms. The zero-order chi connectivity index (χ0) is 12.4. The molecule has 0 bridgehead atoms. The van der Waals surface area contributed by atoms with E-state index in [0.717, 1.165) is 0 Å². The lowest BCUT2D eigenvalue weighted by molar-refractivity contribution is -0.173. The summed E-state index contributed by atoms with van der Waals surface area (Å²) in [6.07, 6.45) is 8.63. The van der Waals surface area contributed by atoms with Gasteiger partial charge in [-0.05, 0) is 6.92 Å². The fourth-order valence-electron chi connectivity index (χ4n) is 1.90. The summed E-state index contributed by atoms with van der Waals surface area (Å²) >= 11 is 0. The van der Waals surface area contributed by atoms with Crippen LogP contribution in [-0.4, -0.2) is 34.8 Å². The molecule has 1 aliphatic heterocycles. The Morgan fingerprint density at radius 2 is 2.18 bits per heavy atom. The molecule has 17 heavy (non-hydrogen) atoms. The number of hydroxylamine groups is 2. The quantitative estimate of drug-likeness (QED) is 0.437. The number of fused-ring (bicyclic) bond motifs is 1. The summed E-state index contributed by atoms with van der Waals surface area (Å²) in [5.74, 6) is -1.61. The van der Waals surface area contributed by atoms with Crippen LogP contribution in [0.3, 0.4) is 0 Å². The molecule has 5 heteroatoms. The van der Waals surface area contributed by atoms with Crippen molar-refractivity contribution >= 4 is 11.9 Å². The highest BCUT2D eigenvalue weighted by atomic mass is 16.5. The third kappa shape index (κ3) is 2.01. The van der Waals surface area contributed by atoms with Crippen LogP contribution in [0.2, 0.25) is 0 Å². The van der Waals surface area contributed by atoms with Gasteiger partial charge in [0.2, 0.25) is 0 Å². The lowest BCUT2D eigenvalue weighted by atomic mass is 9.89. The number of nitrogens with zero attached hydrogens (tertiary/aromatic N) is 1. The van der Waals surface area contributed by atoms with Crippen LogP contribution in [0.1, 0.15) is 6.92 Å². The van der Waals surface area contributed by atoms with Crippen molar-refractivity contribution in [2.45, 2.75) is 13.0 Å². The molecule has 90 valence electrons. The van der Waals surface area contributed by atoms with E-state index in [1.807, 2.05) is 12.2 Å². The average Bonchev–Trinajstić information content (AvgIpc) is 2.34. The monoisotopic (exact) mass is 235 g/mol. The normalized spacial score (nSPS) is 26.6. The summed E-state index contributed by atoms with van der Waals surface area (Å²) in [7, 11) is 0. The molecule has 5 nitrogen and oxygen atoms in total. The molecule has 1 N–H and O–H groups in total. The molecule has 1 heterocycles. The number of hydrogen-bond acceptors (Lipinski definition) is 4. The first-order chi connectivity index (χ1) is 8.15. The molecule has 0 saturated heterocycles. The molecule has 2 atom stereocenters. The van der Waals surface area contributed by atoms with Gasteiger partial charge in [0.25, 0.3) is 5.91 Å². The summed E-state index contributed by atoms with van der Waals surface area (Å²) in [6, 6.07) is -0.439. The van der Waals surface area contributed by atoms with Gasteiger partial charge in [-0.2, -0.15) is 0 Å². The van der Waals surface area contributed by atoms with E-state index in [-0.39, 0.29) is 18.1 Å². The van der Waals surface area contributed by atoms with Crippen molar-refractivity contribution in [3.63, 3.8) is 0 Å². The lowest BCUT2D eigenvalue weighted by Crippen LogP contribution is -2.46. The van der Waals surface area contributed by atoms with Gasteiger partial charge < -0.3 is 4.74 Å². The van der Waals surface area contributed by atoms with E-state index in [1.54, 1.807) is 19.1 Å². The highest BCUT2D eigenvalue weighted by molar-refractivity contribution is 6.16. The average molecular weight is 235 g/mol. The summed E-state index contributed by atoms with van der Waals surface area (Å²) in [4.78, 5) is 23.3. The lowest BCUT2D eigenvalue weighted by Gasteiger charge is -2.33. The maximum absolute atomic E-state index is 11.7. The van der Waals surface area contributed by atoms with Crippen LogP contribution >= 0.6 is 0 Å². The fourth-order valence-corrected chi connectivity index (χ4v) is 1.90. The van der Waals surface area contributed by atoms with Gasteiger partial charge in [0.15, 0.2) is 0 Å². The Bertz CT molecular complexity index is 436. The van der Waals surface area contributed by atoms with Gasteiger partial charge in [0.1, 0.15) is 5.57 Å². The highest BCUT2D eigenvalue weighted by Crippen LogP contribution is 2.26. The van der Waals surface area contributed by atoms with E-state index in [9.17, 15) is 14.8 Å². The Balaban J connectivity index is 2.31. The predicted octanol–water partition coefficient (Wildman–Crippen LogP) is 0.818. The van der Waals surface area contributed by atoms with E-state index in [1.165, 1.54) is 6.08 Å². The fraction of sp³-hybridized carbons (Fsp3) is 0.333. The number of rotatable bonds is 2. The first kappa shape index (κ1) is 11.6. The summed E-state index contributed by atoms with van der Waals surface area (Å²) in [6.45, 7) is 1.85. The highest BCUT2D eigenvalue weighted by Gasteiger charge is 2.37. The van der Waals surface area contributed by atoms with Crippen molar-refractivity contribution in [3.8, 4) is 0 Å².